The summed E-state index contributed by atoms with van der Waals surface area (Å²) in [4.78, 5) is 27.7. The number of carbonyl (C=O) groups is 2. The summed E-state index contributed by atoms with van der Waals surface area (Å²) in [6, 6.07) is 29.1. The predicted octanol–water partition coefficient (Wildman–Crippen LogP) is 4.03. The molecule has 4 aromatic rings. The number of hydrogen-bond acceptors (Lipinski definition) is 7. The van der Waals surface area contributed by atoms with Crippen LogP contribution in [0.25, 0.3) is 0 Å². The molecule has 43 heavy (non-hydrogen) atoms. The fourth-order valence-corrected chi connectivity index (χ4v) is 5.58. The highest BCUT2D eigenvalue weighted by molar-refractivity contribution is 7.92. The van der Waals surface area contributed by atoms with Gasteiger partial charge in [0.25, 0.3) is 21.8 Å². The van der Waals surface area contributed by atoms with E-state index in [0.29, 0.717) is 41.6 Å². The van der Waals surface area contributed by atoms with Crippen molar-refractivity contribution in [2.75, 3.05) is 36.4 Å². The Hall–Kier alpha value is -5.03. The fraction of sp³-hybridized carbons (Fsp3) is 0.188. The molecule has 1 atom stereocenters. The van der Waals surface area contributed by atoms with Crippen LogP contribution in [0, 0.1) is 0 Å². The van der Waals surface area contributed by atoms with Gasteiger partial charge in [0.1, 0.15) is 17.2 Å². The maximum absolute atomic E-state index is 13.3. The molecular weight excluding hydrogens is 570 g/mol. The third-order valence-corrected chi connectivity index (χ3v) is 8.14. The molecule has 0 aromatic heterocycles. The van der Waals surface area contributed by atoms with Gasteiger partial charge in [-0.3, -0.25) is 14.3 Å². The zero-order valence-corrected chi connectivity index (χ0v) is 24.3. The van der Waals surface area contributed by atoms with Gasteiger partial charge in [-0.05, 0) is 60.5 Å². The first kappa shape index (κ1) is 29.5. The molecule has 0 saturated heterocycles. The van der Waals surface area contributed by atoms with Gasteiger partial charge in [0, 0.05) is 12.6 Å². The molecule has 0 saturated carbocycles. The number of hydrogen-bond donors (Lipinski definition) is 2. The largest absolute Gasteiger partial charge is 0.497 e. The summed E-state index contributed by atoms with van der Waals surface area (Å²) in [6.07, 6.45) is -0.222. The summed E-state index contributed by atoms with van der Waals surface area (Å²) < 4.78 is 44.9. The normalized spacial score (nSPS) is 14.2. The van der Waals surface area contributed by atoms with E-state index in [1.807, 2.05) is 30.3 Å². The Bertz CT molecular complexity index is 1680. The molecule has 2 amide bonds. The fourth-order valence-electron chi connectivity index (χ4n) is 4.53. The molecule has 10 nitrogen and oxygen atoms in total. The van der Waals surface area contributed by atoms with Gasteiger partial charge in [-0.2, -0.15) is 0 Å². The summed E-state index contributed by atoms with van der Waals surface area (Å²) in [5.74, 6) is 0.554. The molecule has 1 aliphatic heterocycles. The standard InChI is InChI=1S/C32H31N3O7S/c1-40-26-11-7-10-24(20-26)34-43(38,39)27-16-14-25(15-17-27)41-22-31(36)35-21-30(42-29-13-6-5-12-28(29)35)32(37)33-19-18-23-8-3-2-4-9-23/h2-17,20,30,34H,18-19,21-22H2,1H3,(H,33,37)/t30-/m1/s1. The Morgan fingerprint density at radius 3 is 2.42 bits per heavy atom. The van der Waals surface area contributed by atoms with E-state index in [1.165, 1.54) is 36.3 Å². The van der Waals surface area contributed by atoms with Crippen molar-refractivity contribution in [2.45, 2.75) is 17.4 Å². The number of nitrogens with one attached hydrogen (secondary N) is 2. The van der Waals surface area contributed by atoms with E-state index in [4.69, 9.17) is 14.2 Å². The molecule has 0 spiro atoms. The SMILES string of the molecule is COc1cccc(NS(=O)(=O)c2ccc(OCC(=O)N3C[C@H](C(=O)NCCc4ccccc4)Oc4ccccc43)cc2)c1. The minimum Gasteiger partial charge on any atom is -0.497 e. The Kier molecular flexibility index (Phi) is 9.11. The van der Waals surface area contributed by atoms with Crippen molar-refractivity contribution in [2.24, 2.45) is 0 Å². The zero-order chi connectivity index (χ0) is 30.2. The molecule has 1 heterocycles. The van der Waals surface area contributed by atoms with Crippen LogP contribution in [0.4, 0.5) is 11.4 Å². The molecule has 1 aliphatic rings. The van der Waals surface area contributed by atoms with E-state index < -0.39 is 16.1 Å². The number of ether oxygens (including phenoxy) is 3. The minimum atomic E-state index is -3.86. The number of sulfonamides is 1. The van der Waals surface area contributed by atoms with Crippen LogP contribution in [0.3, 0.4) is 0 Å². The van der Waals surface area contributed by atoms with Crippen molar-refractivity contribution in [1.82, 2.24) is 5.32 Å². The van der Waals surface area contributed by atoms with Crippen molar-refractivity contribution in [3.63, 3.8) is 0 Å². The van der Waals surface area contributed by atoms with Crippen molar-refractivity contribution < 1.29 is 32.2 Å². The lowest BCUT2D eigenvalue weighted by molar-refractivity contribution is -0.128. The van der Waals surface area contributed by atoms with Crippen molar-refractivity contribution in [1.29, 1.82) is 0 Å². The molecule has 0 bridgehead atoms. The van der Waals surface area contributed by atoms with E-state index in [9.17, 15) is 18.0 Å². The molecule has 0 fully saturated rings. The molecular formula is C32H31N3O7S. The average molecular weight is 602 g/mol. The number of methoxy groups -OCH3 is 1. The van der Waals surface area contributed by atoms with E-state index in [1.54, 1.807) is 48.5 Å². The second-order valence-electron chi connectivity index (χ2n) is 9.70. The number of benzene rings is 4. The van der Waals surface area contributed by atoms with E-state index in [0.717, 1.165) is 5.56 Å². The topological polar surface area (TPSA) is 123 Å². The highest BCUT2D eigenvalue weighted by Gasteiger charge is 2.33. The Morgan fingerprint density at radius 2 is 1.65 bits per heavy atom. The Labute approximate surface area is 250 Å². The van der Waals surface area contributed by atoms with Gasteiger partial charge in [0.2, 0.25) is 0 Å². The highest BCUT2D eigenvalue weighted by Crippen LogP contribution is 2.33. The highest BCUT2D eigenvalue weighted by atomic mass is 32.2. The van der Waals surface area contributed by atoms with E-state index in [-0.39, 0.29) is 29.9 Å². The molecule has 222 valence electrons. The number of para-hydroxylation sites is 2. The van der Waals surface area contributed by atoms with Gasteiger partial charge >= 0.3 is 0 Å². The third kappa shape index (κ3) is 7.44. The number of anilines is 2. The van der Waals surface area contributed by atoms with Crippen molar-refractivity contribution >= 4 is 33.2 Å². The van der Waals surface area contributed by atoms with E-state index in [2.05, 4.69) is 10.0 Å². The van der Waals surface area contributed by atoms with Crippen LogP contribution in [0.2, 0.25) is 0 Å². The van der Waals surface area contributed by atoms with Gasteiger partial charge in [-0.1, -0.05) is 48.5 Å². The molecule has 5 rings (SSSR count). The molecule has 0 radical (unpaired) electrons. The maximum Gasteiger partial charge on any atom is 0.265 e. The smallest absolute Gasteiger partial charge is 0.265 e. The van der Waals surface area contributed by atoms with Gasteiger partial charge in [0.15, 0.2) is 12.7 Å². The van der Waals surface area contributed by atoms with Crippen molar-refractivity contribution in [3.05, 3.63) is 109 Å². The summed E-state index contributed by atoms with van der Waals surface area (Å²) in [6.45, 7) is 0.122. The number of rotatable bonds is 11. The van der Waals surface area contributed by atoms with Gasteiger partial charge in [-0.15, -0.1) is 0 Å². The Balaban J connectivity index is 1.19. The van der Waals surface area contributed by atoms with Crippen LogP contribution in [-0.2, 0) is 26.0 Å². The maximum atomic E-state index is 13.3. The number of fused-ring (bicyclic) bond motifs is 1. The molecule has 0 unspecified atom stereocenters. The number of amides is 2. The van der Waals surface area contributed by atoms with Gasteiger partial charge in [-0.25, -0.2) is 8.42 Å². The first-order valence-corrected chi connectivity index (χ1v) is 15.1. The lowest BCUT2D eigenvalue weighted by atomic mass is 10.1. The quantitative estimate of drug-likeness (QED) is 0.266. The monoisotopic (exact) mass is 601 g/mol. The lowest BCUT2D eigenvalue weighted by Crippen LogP contribution is -2.52. The number of carbonyl (C=O) groups excluding carboxylic acids is 2. The summed E-state index contributed by atoms with van der Waals surface area (Å²) >= 11 is 0. The molecule has 2 N–H and O–H groups in total. The number of nitrogens with zero attached hydrogens (tertiary/aromatic N) is 1. The summed E-state index contributed by atoms with van der Waals surface area (Å²) in [5.41, 5.74) is 2.00. The van der Waals surface area contributed by atoms with Gasteiger partial charge in [0.05, 0.1) is 29.9 Å². The van der Waals surface area contributed by atoms with Crippen LogP contribution >= 0.6 is 0 Å². The van der Waals surface area contributed by atoms with Crippen molar-refractivity contribution in [3.8, 4) is 17.2 Å². The predicted molar refractivity (Wildman–Crippen MR) is 162 cm³/mol. The van der Waals surface area contributed by atoms with Crippen LogP contribution in [0.1, 0.15) is 5.56 Å². The molecule has 0 aliphatic carbocycles. The van der Waals surface area contributed by atoms with E-state index >= 15 is 0 Å². The molecule has 4 aromatic carbocycles. The second-order valence-corrected chi connectivity index (χ2v) is 11.4. The summed E-state index contributed by atoms with van der Waals surface area (Å²) in [5, 5.41) is 2.89. The molecule has 11 heteroatoms. The zero-order valence-electron chi connectivity index (χ0n) is 23.4. The second kappa shape index (κ2) is 13.3. The van der Waals surface area contributed by atoms with Crippen LogP contribution in [0.15, 0.2) is 108 Å². The Morgan fingerprint density at radius 1 is 0.907 bits per heavy atom. The third-order valence-electron chi connectivity index (χ3n) is 6.74. The van der Waals surface area contributed by atoms with Crippen LogP contribution in [0.5, 0.6) is 17.2 Å². The average Bonchev–Trinajstić information content (AvgIpc) is 3.03. The first-order chi connectivity index (χ1) is 20.8. The first-order valence-electron chi connectivity index (χ1n) is 13.6. The minimum absolute atomic E-state index is 0.0174. The van der Waals surface area contributed by atoms with Gasteiger partial charge < -0.3 is 24.4 Å². The van der Waals surface area contributed by atoms with Crippen LogP contribution < -0.4 is 29.1 Å². The summed E-state index contributed by atoms with van der Waals surface area (Å²) in [7, 11) is -2.36. The lowest BCUT2D eigenvalue weighted by Gasteiger charge is -2.34. The van der Waals surface area contributed by atoms with Crippen LogP contribution in [-0.4, -0.2) is 53.1 Å².